The minimum Gasteiger partial charge on any atom is -0.497 e. The maximum absolute atomic E-state index is 12.5. The molecule has 3 aromatic carbocycles. The van der Waals surface area contributed by atoms with Gasteiger partial charge in [0.25, 0.3) is 0 Å². The van der Waals surface area contributed by atoms with E-state index in [1.54, 1.807) is 7.11 Å². The van der Waals surface area contributed by atoms with Gasteiger partial charge in [0.1, 0.15) is 5.75 Å². The predicted molar refractivity (Wildman–Crippen MR) is 122 cm³/mol. The van der Waals surface area contributed by atoms with Gasteiger partial charge in [0.2, 0.25) is 11.8 Å². The molecule has 5 heteroatoms. The first-order chi connectivity index (χ1) is 15.1. The molecule has 1 aliphatic rings. The fraction of sp³-hybridized carbons (Fsp3) is 0.231. The molecule has 0 unspecified atom stereocenters. The van der Waals surface area contributed by atoms with Crippen LogP contribution in [0.2, 0.25) is 0 Å². The Kier molecular flexibility index (Phi) is 6.32. The lowest BCUT2D eigenvalue weighted by atomic mass is 9.99. The van der Waals surface area contributed by atoms with Crippen LogP contribution in [0, 0.1) is 0 Å². The third-order valence-corrected chi connectivity index (χ3v) is 5.55. The molecule has 3 aromatic rings. The van der Waals surface area contributed by atoms with Crippen molar-refractivity contribution in [1.82, 2.24) is 0 Å². The normalized spacial score (nSPS) is 12.9. The van der Waals surface area contributed by atoms with E-state index < -0.39 is 0 Å². The van der Waals surface area contributed by atoms with Crippen LogP contribution in [0.25, 0.3) is 0 Å². The summed E-state index contributed by atoms with van der Waals surface area (Å²) in [4.78, 5) is 26.8. The van der Waals surface area contributed by atoms with Crippen molar-refractivity contribution in [1.29, 1.82) is 0 Å². The molecule has 2 amide bonds. The van der Waals surface area contributed by atoms with E-state index in [4.69, 9.17) is 4.74 Å². The number of anilines is 2. The van der Waals surface area contributed by atoms with Gasteiger partial charge in [0.15, 0.2) is 0 Å². The number of ether oxygens (including phenoxy) is 1. The zero-order chi connectivity index (χ0) is 21.6. The van der Waals surface area contributed by atoms with Crippen molar-refractivity contribution < 1.29 is 14.3 Å². The number of benzene rings is 3. The summed E-state index contributed by atoms with van der Waals surface area (Å²) in [5, 5.41) is 2.99. The fourth-order valence-electron chi connectivity index (χ4n) is 3.85. The standard InChI is InChI=1S/C26H26N2O3/c1-31-23-12-7-19(8-13-23)9-15-25(29)27-22-11-14-24-21(17-22)10-16-26(30)28(24)18-20-5-3-2-4-6-20/h2-8,11-14,17H,9-10,15-16,18H2,1H3,(H,27,29). The highest BCUT2D eigenvalue weighted by Gasteiger charge is 2.24. The predicted octanol–water partition coefficient (Wildman–Crippen LogP) is 4.75. The monoisotopic (exact) mass is 414 g/mol. The summed E-state index contributed by atoms with van der Waals surface area (Å²) >= 11 is 0. The minimum absolute atomic E-state index is 0.0243. The van der Waals surface area contributed by atoms with Gasteiger partial charge in [0, 0.05) is 24.2 Å². The Balaban J connectivity index is 1.40. The molecule has 5 nitrogen and oxygen atoms in total. The number of methoxy groups -OCH3 is 1. The lowest BCUT2D eigenvalue weighted by Gasteiger charge is -2.30. The van der Waals surface area contributed by atoms with Gasteiger partial charge in [-0.3, -0.25) is 9.59 Å². The van der Waals surface area contributed by atoms with Crippen molar-refractivity contribution in [2.45, 2.75) is 32.2 Å². The lowest BCUT2D eigenvalue weighted by Crippen LogP contribution is -2.34. The van der Waals surface area contributed by atoms with Gasteiger partial charge in [-0.05, 0) is 59.9 Å². The number of carbonyl (C=O) groups excluding carboxylic acids is 2. The van der Waals surface area contributed by atoms with E-state index in [0.717, 1.165) is 33.8 Å². The second-order valence-electron chi connectivity index (χ2n) is 7.71. The molecule has 0 aromatic heterocycles. The largest absolute Gasteiger partial charge is 0.497 e. The Morgan fingerprint density at radius 3 is 2.48 bits per heavy atom. The summed E-state index contributed by atoms with van der Waals surface area (Å²) in [5.74, 6) is 0.915. The van der Waals surface area contributed by atoms with Crippen LogP contribution in [0.3, 0.4) is 0 Å². The molecule has 0 aliphatic carbocycles. The summed E-state index contributed by atoms with van der Waals surface area (Å²) in [6.45, 7) is 0.556. The first-order valence-electron chi connectivity index (χ1n) is 10.5. The average Bonchev–Trinajstić information content (AvgIpc) is 2.80. The number of carbonyl (C=O) groups is 2. The van der Waals surface area contributed by atoms with Crippen molar-refractivity contribution in [2.24, 2.45) is 0 Å². The molecule has 4 rings (SSSR count). The quantitative estimate of drug-likeness (QED) is 0.607. The van der Waals surface area contributed by atoms with Gasteiger partial charge >= 0.3 is 0 Å². The summed E-state index contributed by atoms with van der Waals surface area (Å²) in [6.07, 6.45) is 2.24. The third-order valence-electron chi connectivity index (χ3n) is 5.55. The molecule has 31 heavy (non-hydrogen) atoms. The Bertz CT molecular complexity index is 1060. The van der Waals surface area contributed by atoms with Gasteiger partial charge < -0.3 is 15.0 Å². The number of hydrogen-bond acceptors (Lipinski definition) is 3. The number of aryl methyl sites for hydroxylation is 2. The summed E-state index contributed by atoms with van der Waals surface area (Å²) in [5.41, 5.74) is 4.98. The molecule has 158 valence electrons. The van der Waals surface area contributed by atoms with Crippen LogP contribution < -0.4 is 15.0 Å². The van der Waals surface area contributed by atoms with E-state index in [9.17, 15) is 9.59 Å². The molecule has 0 bridgehead atoms. The van der Waals surface area contributed by atoms with Gasteiger partial charge in [-0.2, -0.15) is 0 Å². The highest BCUT2D eigenvalue weighted by molar-refractivity contribution is 5.97. The number of nitrogens with zero attached hydrogens (tertiary/aromatic N) is 1. The summed E-state index contributed by atoms with van der Waals surface area (Å²) in [6, 6.07) is 23.5. The molecular weight excluding hydrogens is 388 g/mol. The Hall–Kier alpha value is -3.60. The molecular formula is C26H26N2O3. The lowest BCUT2D eigenvalue weighted by molar-refractivity contribution is -0.119. The molecule has 0 radical (unpaired) electrons. The van der Waals surface area contributed by atoms with Crippen LogP contribution in [0.15, 0.2) is 72.8 Å². The molecule has 1 heterocycles. The van der Waals surface area contributed by atoms with Crippen molar-refractivity contribution in [3.63, 3.8) is 0 Å². The Morgan fingerprint density at radius 2 is 1.74 bits per heavy atom. The van der Waals surface area contributed by atoms with Crippen molar-refractivity contribution >= 4 is 23.2 Å². The maximum atomic E-state index is 12.5. The van der Waals surface area contributed by atoms with E-state index in [-0.39, 0.29) is 11.8 Å². The van der Waals surface area contributed by atoms with Gasteiger partial charge in [-0.15, -0.1) is 0 Å². The number of fused-ring (bicyclic) bond motifs is 1. The molecule has 0 saturated carbocycles. The molecule has 1 N–H and O–H groups in total. The number of hydrogen-bond donors (Lipinski definition) is 1. The molecule has 0 saturated heterocycles. The van der Waals surface area contributed by atoms with E-state index >= 15 is 0 Å². The zero-order valence-corrected chi connectivity index (χ0v) is 17.6. The van der Waals surface area contributed by atoms with Crippen LogP contribution in [0.5, 0.6) is 5.75 Å². The molecule has 0 atom stereocenters. The smallest absolute Gasteiger partial charge is 0.227 e. The van der Waals surface area contributed by atoms with Crippen LogP contribution in [-0.2, 0) is 29.0 Å². The van der Waals surface area contributed by atoms with Crippen molar-refractivity contribution in [3.05, 3.63) is 89.5 Å². The number of nitrogens with one attached hydrogen (secondary N) is 1. The van der Waals surface area contributed by atoms with Crippen molar-refractivity contribution in [3.8, 4) is 5.75 Å². The van der Waals surface area contributed by atoms with Gasteiger partial charge in [0.05, 0.1) is 13.7 Å². The second kappa shape index (κ2) is 9.47. The highest BCUT2D eigenvalue weighted by Crippen LogP contribution is 2.31. The van der Waals surface area contributed by atoms with Gasteiger partial charge in [-0.1, -0.05) is 42.5 Å². The third kappa shape index (κ3) is 5.12. The molecule has 0 fully saturated rings. The number of rotatable bonds is 7. The van der Waals surface area contributed by atoms with Crippen LogP contribution >= 0.6 is 0 Å². The van der Waals surface area contributed by atoms with E-state index in [1.165, 1.54) is 0 Å². The van der Waals surface area contributed by atoms with E-state index in [2.05, 4.69) is 5.32 Å². The van der Waals surface area contributed by atoms with Gasteiger partial charge in [-0.25, -0.2) is 0 Å². The fourth-order valence-corrected chi connectivity index (χ4v) is 3.85. The minimum atomic E-state index is -0.0243. The Labute approximate surface area is 182 Å². The topological polar surface area (TPSA) is 58.6 Å². The first-order valence-corrected chi connectivity index (χ1v) is 10.5. The van der Waals surface area contributed by atoms with Crippen molar-refractivity contribution in [2.75, 3.05) is 17.3 Å². The molecule has 1 aliphatic heterocycles. The average molecular weight is 415 g/mol. The Morgan fingerprint density at radius 1 is 0.968 bits per heavy atom. The summed E-state index contributed by atoms with van der Waals surface area (Å²) in [7, 11) is 1.64. The molecule has 0 spiro atoms. The summed E-state index contributed by atoms with van der Waals surface area (Å²) < 4.78 is 5.16. The van der Waals surface area contributed by atoms with E-state index in [1.807, 2.05) is 77.7 Å². The maximum Gasteiger partial charge on any atom is 0.227 e. The highest BCUT2D eigenvalue weighted by atomic mass is 16.5. The second-order valence-corrected chi connectivity index (χ2v) is 7.71. The number of amides is 2. The van der Waals surface area contributed by atoms with Crippen LogP contribution in [0.4, 0.5) is 11.4 Å². The zero-order valence-electron chi connectivity index (χ0n) is 17.6. The van der Waals surface area contributed by atoms with Crippen LogP contribution in [-0.4, -0.2) is 18.9 Å². The first kappa shape index (κ1) is 20.7. The van der Waals surface area contributed by atoms with Crippen LogP contribution in [0.1, 0.15) is 29.5 Å². The SMILES string of the molecule is COc1ccc(CCC(=O)Nc2ccc3c(c2)CCC(=O)N3Cc2ccccc2)cc1. The van der Waals surface area contributed by atoms with E-state index in [0.29, 0.717) is 32.2 Å².